The molecule has 4 heterocycles. The lowest BCUT2D eigenvalue weighted by Crippen LogP contribution is -2.39. The van der Waals surface area contributed by atoms with E-state index >= 15 is 0 Å². The van der Waals surface area contributed by atoms with Gasteiger partial charge in [0.2, 0.25) is 0 Å². The number of nitrogens with zero attached hydrogens (tertiary/aromatic N) is 3. The van der Waals surface area contributed by atoms with Gasteiger partial charge in [0.1, 0.15) is 11.5 Å². The van der Waals surface area contributed by atoms with Crippen molar-refractivity contribution in [3.05, 3.63) is 78.7 Å². The summed E-state index contributed by atoms with van der Waals surface area (Å²) in [7, 11) is 1.58. The summed E-state index contributed by atoms with van der Waals surface area (Å²) in [5, 5.41) is 0. The predicted octanol–water partition coefficient (Wildman–Crippen LogP) is 3.00. The quantitative estimate of drug-likeness (QED) is 0.491. The molecule has 0 amide bonds. The van der Waals surface area contributed by atoms with Crippen LogP contribution in [0, 0.1) is 0 Å². The molecule has 8 nitrogen and oxygen atoms in total. The van der Waals surface area contributed by atoms with Crippen molar-refractivity contribution in [2.45, 2.75) is 32.7 Å². The summed E-state index contributed by atoms with van der Waals surface area (Å²) in [4.78, 5) is 34.0. The van der Waals surface area contributed by atoms with E-state index in [1.165, 1.54) is 11.3 Å². The molecule has 1 unspecified atom stereocenters. The molecule has 35 heavy (non-hydrogen) atoms. The van der Waals surface area contributed by atoms with Crippen LogP contribution in [-0.4, -0.2) is 37.3 Å². The van der Waals surface area contributed by atoms with Crippen molar-refractivity contribution >= 4 is 29.3 Å². The average Bonchev–Trinajstić information content (AvgIpc) is 3.60. The summed E-state index contributed by atoms with van der Waals surface area (Å²) in [6.45, 7) is 5.70. The topological polar surface area (TPSA) is 86.3 Å². The molecule has 5 rings (SSSR count). The van der Waals surface area contributed by atoms with Gasteiger partial charge >= 0.3 is 5.97 Å². The van der Waals surface area contributed by atoms with Gasteiger partial charge in [-0.25, -0.2) is 9.79 Å². The Bertz CT molecular complexity index is 1470. The molecule has 0 N–H and O–H groups in total. The van der Waals surface area contributed by atoms with E-state index in [9.17, 15) is 9.59 Å². The molecule has 0 bridgehead atoms. The van der Waals surface area contributed by atoms with Crippen LogP contribution in [0.15, 0.2) is 61.9 Å². The minimum Gasteiger partial charge on any atom is -0.497 e. The van der Waals surface area contributed by atoms with E-state index in [4.69, 9.17) is 13.9 Å². The third-order valence-electron chi connectivity index (χ3n) is 6.23. The highest BCUT2D eigenvalue weighted by Gasteiger charge is 2.33. The number of aromatic nitrogens is 1. The second-order valence-electron chi connectivity index (χ2n) is 8.45. The second kappa shape index (κ2) is 9.58. The molecule has 3 aromatic rings. The van der Waals surface area contributed by atoms with Gasteiger partial charge in [-0.05, 0) is 50.5 Å². The lowest BCUT2D eigenvalue weighted by molar-refractivity contribution is -0.139. The number of anilines is 1. The Labute approximate surface area is 206 Å². The first-order valence-electron chi connectivity index (χ1n) is 11.7. The van der Waals surface area contributed by atoms with Crippen molar-refractivity contribution in [1.29, 1.82) is 0 Å². The number of furan rings is 1. The zero-order valence-electron chi connectivity index (χ0n) is 19.9. The summed E-state index contributed by atoms with van der Waals surface area (Å²) >= 11 is 1.27. The molecule has 0 spiro atoms. The molecular formula is C26H27N3O5S. The van der Waals surface area contributed by atoms with Crippen LogP contribution < -0.4 is 24.5 Å². The molecule has 182 valence electrons. The van der Waals surface area contributed by atoms with Crippen LogP contribution in [0.5, 0.6) is 5.75 Å². The lowest BCUT2D eigenvalue weighted by atomic mass is 9.95. The van der Waals surface area contributed by atoms with Crippen molar-refractivity contribution in [1.82, 2.24) is 4.57 Å². The Kier molecular flexibility index (Phi) is 6.34. The zero-order chi connectivity index (χ0) is 24.5. The molecule has 0 saturated carbocycles. The first-order chi connectivity index (χ1) is 17.0. The fourth-order valence-corrected chi connectivity index (χ4v) is 5.60. The molecule has 0 radical (unpaired) electrons. The van der Waals surface area contributed by atoms with Crippen molar-refractivity contribution in [3.8, 4) is 5.75 Å². The first kappa shape index (κ1) is 23.2. The predicted molar refractivity (Wildman–Crippen MR) is 134 cm³/mol. The number of fused-ring (bicyclic) bond motifs is 1. The third-order valence-corrected chi connectivity index (χ3v) is 7.21. The number of hydrogen-bond acceptors (Lipinski definition) is 8. The van der Waals surface area contributed by atoms with Gasteiger partial charge in [0.25, 0.3) is 5.56 Å². The fraction of sp³-hybridized carbons (Fsp3) is 0.346. The standard InChI is InChI=1S/C26H27N3O5S/c1-4-33-25(31)22-16(2)27-26-29(23(22)17-8-7-9-18(14-17)32-3)24(30)20(35-26)15-19-10-11-21(34-19)28-12-5-6-13-28/h7-11,14-15,23H,4-6,12-13H2,1-3H3/b20-15-. The summed E-state index contributed by atoms with van der Waals surface area (Å²) in [6, 6.07) is 10.5. The molecule has 0 aliphatic carbocycles. The first-order valence-corrected chi connectivity index (χ1v) is 12.5. The Morgan fingerprint density at radius 3 is 2.80 bits per heavy atom. The molecule has 1 fully saturated rings. The maximum Gasteiger partial charge on any atom is 0.338 e. The number of esters is 1. The summed E-state index contributed by atoms with van der Waals surface area (Å²) in [6.07, 6.45) is 4.05. The molecule has 2 aromatic heterocycles. The van der Waals surface area contributed by atoms with Gasteiger partial charge < -0.3 is 18.8 Å². The number of thiazole rings is 1. The van der Waals surface area contributed by atoms with Crippen LogP contribution in [0.4, 0.5) is 5.88 Å². The van der Waals surface area contributed by atoms with Crippen LogP contribution in [-0.2, 0) is 9.53 Å². The highest BCUT2D eigenvalue weighted by molar-refractivity contribution is 7.07. The Morgan fingerprint density at radius 2 is 2.06 bits per heavy atom. The average molecular weight is 494 g/mol. The number of ether oxygens (including phenoxy) is 2. The van der Waals surface area contributed by atoms with Gasteiger partial charge in [0, 0.05) is 25.2 Å². The van der Waals surface area contributed by atoms with E-state index in [1.807, 2.05) is 36.4 Å². The monoisotopic (exact) mass is 493 g/mol. The number of carbonyl (C=O) groups excluding carboxylic acids is 1. The van der Waals surface area contributed by atoms with Crippen LogP contribution in [0.2, 0.25) is 0 Å². The lowest BCUT2D eigenvalue weighted by Gasteiger charge is -2.24. The molecule has 1 atom stereocenters. The van der Waals surface area contributed by atoms with Gasteiger partial charge in [-0.15, -0.1) is 0 Å². The fourth-order valence-electron chi connectivity index (χ4n) is 4.57. The van der Waals surface area contributed by atoms with Crippen LogP contribution in [0.1, 0.15) is 44.1 Å². The summed E-state index contributed by atoms with van der Waals surface area (Å²) in [5.74, 6) is 1.57. The molecule has 2 aliphatic rings. The zero-order valence-corrected chi connectivity index (χ0v) is 20.8. The van der Waals surface area contributed by atoms with Gasteiger partial charge in [-0.1, -0.05) is 23.5 Å². The summed E-state index contributed by atoms with van der Waals surface area (Å²) < 4.78 is 18.8. The number of hydrogen-bond donors (Lipinski definition) is 0. The van der Waals surface area contributed by atoms with Gasteiger partial charge in [-0.2, -0.15) is 0 Å². The van der Waals surface area contributed by atoms with Crippen LogP contribution in [0.25, 0.3) is 6.08 Å². The van der Waals surface area contributed by atoms with Crippen molar-refractivity contribution in [2.24, 2.45) is 4.99 Å². The van der Waals surface area contributed by atoms with Gasteiger partial charge in [0.15, 0.2) is 10.7 Å². The van der Waals surface area contributed by atoms with E-state index in [-0.39, 0.29) is 12.2 Å². The molecule has 1 aromatic carbocycles. The number of methoxy groups -OCH3 is 1. The maximum absolute atomic E-state index is 13.7. The normalized spacial score (nSPS) is 18.0. The molecule has 1 saturated heterocycles. The minimum absolute atomic E-state index is 0.225. The minimum atomic E-state index is -0.681. The number of allylic oxidation sites excluding steroid dienone is 1. The van der Waals surface area contributed by atoms with E-state index < -0.39 is 12.0 Å². The number of benzene rings is 1. The SMILES string of the molecule is CCOC(=O)C1=C(C)N=c2s/c(=C\c3ccc(N4CCCC4)o3)c(=O)n2C1c1cccc(OC)c1. The highest BCUT2D eigenvalue weighted by atomic mass is 32.1. The van der Waals surface area contributed by atoms with E-state index in [0.717, 1.165) is 37.4 Å². The van der Waals surface area contributed by atoms with E-state index in [1.54, 1.807) is 31.6 Å². The largest absolute Gasteiger partial charge is 0.497 e. The molecule has 9 heteroatoms. The molecule has 2 aliphatic heterocycles. The second-order valence-corrected chi connectivity index (χ2v) is 9.46. The maximum atomic E-state index is 13.7. The Hall–Kier alpha value is -3.59. The number of carbonyl (C=O) groups is 1. The van der Waals surface area contributed by atoms with E-state index in [0.29, 0.717) is 32.1 Å². The van der Waals surface area contributed by atoms with E-state index in [2.05, 4.69) is 9.89 Å². The van der Waals surface area contributed by atoms with Crippen LogP contribution >= 0.6 is 11.3 Å². The van der Waals surface area contributed by atoms with Gasteiger partial charge in [-0.3, -0.25) is 9.36 Å². The Morgan fingerprint density at radius 1 is 1.26 bits per heavy atom. The van der Waals surface area contributed by atoms with Crippen LogP contribution in [0.3, 0.4) is 0 Å². The van der Waals surface area contributed by atoms with Gasteiger partial charge in [0.05, 0.1) is 35.6 Å². The van der Waals surface area contributed by atoms with Crippen molar-refractivity contribution in [3.63, 3.8) is 0 Å². The smallest absolute Gasteiger partial charge is 0.338 e. The van der Waals surface area contributed by atoms with Crippen molar-refractivity contribution < 1.29 is 18.7 Å². The summed E-state index contributed by atoms with van der Waals surface area (Å²) in [5.41, 5.74) is 1.37. The molecular weight excluding hydrogens is 466 g/mol. The third kappa shape index (κ3) is 4.32. The van der Waals surface area contributed by atoms with Crippen molar-refractivity contribution in [2.75, 3.05) is 31.7 Å². The highest BCUT2D eigenvalue weighted by Crippen LogP contribution is 2.32. The number of rotatable bonds is 6. The Balaban J connectivity index is 1.64.